The van der Waals surface area contributed by atoms with Gasteiger partial charge in [0.25, 0.3) is 0 Å². The summed E-state index contributed by atoms with van der Waals surface area (Å²) < 4.78 is 5.01. The first-order valence-corrected chi connectivity index (χ1v) is 13.9. The molecule has 2 aliphatic heterocycles. The highest BCUT2D eigenvalue weighted by atomic mass is 16.4. The molecule has 3 aliphatic rings. The van der Waals surface area contributed by atoms with Gasteiger partial charge in [-0.2, -0.15) is 0 Å². The number of nitrogens with one attached hydrogen (secondary N) is 1. The fourth-order valence-corrected chi connectivity index (χ4v) is 7.45. The minimum Gasteiger partial charge on any atom is -0.478 e. The van der Waals surface area contributed by atoms with E-state index in [2.05, 4.69) is 44.9 Å². The maximum atomic E-state index is 11.9. The minimum atomic E-state index is -0.847. The Bertz CT molecular complexity index is 1460. The van der Waals surface area contributed by atoms with Gasteiger partial charge in [0.15, 0.2) is 0 Å². The van der Waals surface area contributed by atoms with Crippen LogP contribution in [0.15, 0.2) is 42.6 Å². The van der Waals surface area contributed by atoms with E-state index < -0.39 is 5.97 Å². The van der Waals surface area contributed by atoms with Crippen LogP contribution in [0.4, 0.5) is 0 Å². The monoisotopic (exact) mass is 481 g/mol. The number of aromatic nitrogens is 2. The maximum absolute atomic E-state index is 11.9. The summed E-state index contributed by atoms with van der Waals surface area (Å²) in [6.07, 6.45) is 12.3. The van der Waals surface area contributed by atoms with Crippen LogP contribution in [0.25, 0.3) is 33.1 Å². The molecule has 5 nitrogen and oxygen atoms in total. The predicted molar refractivity (Wildman–Crippen MR) is 145 cm³/mol. The van der Waals surface area contributed by atoms with Gasteiger partial charge in [-0.15, -0.1) is 0 Å². The predicted octanol–water partition coefficient (Wildman–Crippen LogP) is 6.88. The Labute approximate surface area is 212 Å². The lowest BCUT2D eigenvalue weighted by molar-refractivity contribution is 0.0697. The summed E-state index contributed by atoms with van der Waals surface area (Å²) in [4.78, 5) is 11.9. The van der Waals surface area contributed by atoms with E-state index in [1.807, 2.05) is 12.1 Å². The van der Waals surface area contributed by atoms with E-state index >= 15 is 0 Å². The number of rotatable bonds is 3. The van der Waals surface area contributed by atoms with Crippen LogP contribution < -0.4 is 5.32 Å². The molecule has 0 spiro atoms. The highest BCUT2D eigenvalue weighted by Crippen LogP contribution is 2.47. The van der Waals surface area contributed by atoms with Gasteiger partial charge in [0, 0.05) is 41.1 Å². The largest absolute Gasteiger partial charge is 0.478 e. The van der Waals surface area contributed by atoms with Crippen molar-refractivity contribution in [1.82, 2.24) is 14.5 Å². The highest BCUT2D eigenvalue weighted by Gasteiger charge is 2.30. The number of aryl methyl sites for hydroxylation is 2. The van der Waals surface area contributed by atoms with Gasteiger partial charge in [-0.3, -0.25) is 0 Å². The van der Waals surface area contributed by atoms with Crippen molar-refractivity contribution in [1.29, 1.82) is 0 Å². The molecule has 1 saturated carbocycles. The Morgan fingerprint density at radius 1 is 0.889 bits per heavy atom. The summed E-state index contributed by atoms with van der Waals surface area (Å²) in [7, 11) is 0. The van der Waals surface area contributed by atoms with E-state index in [4.69, 9.17) is 0 Å². The summed E-state index contributed by atoms with van der Waals surface area (Å²) in [5, 5.41) is 16.0. The van der Waals surface area contributed by atoms with Crippen LogP contribution >= 0.6 is 0 Å². The molecule has 2 aromatic carbocycles. The molecule has 0 atom stereocenters. The van der Waals surface area contributed by atoms with Crippen molar-refractivity contribution < 1.29 is 9.90 Å². The summed E-state index contributed by atoms with van der Waals surface area (Å²) in [6, 6.07) is 12.7. The van der Waals surface area contributed by atoms with Gasteiger partial charge in [0.05, 0.1) is 16.8 Å². The number of carboxylic acid groups (broad SMARTS) is 1. The van der Waals surface area contributed by atoms with Gasteiger partial charge in [-0.05, 0) is 80.3 Å². The van der Waals surface area contributed by atoms with E-state index in [-0.39, 0.29) is 0 Å². The number of fused-ring (bicyclic) bond motifs is 4. The normalized spacial score (nSPS) is 19.3. The SMILES string of the molecule is O=C(O)c1ccc2c(C3CCCCC3)c3n(c2c1)CCCn1cc(C2CCNCC2)c2cccc-3c21. The van der Waals surface area contributed by atoms with Crippen LogP contribution in [0.3, 0.4) is 0 Å². The zero-order valence-corrected chi connectivity index (χ0v) is 20.9. The summed E-state index contributed by atoms with van der Waals surface area (Å²) >= 11 is 0. The third-order valence-corrected chi connectivity index (χ3v) is 9.11. The highest BCUT2D eigenvalue weighted by molar-refractivity contribution is 6.03. The molecule has 4 aromatic rings. The summed E-state index contributed by atoms with van der Waals surface area (Å²) in [6.45, 7) is 4.11. The average molecular weight is 482 g/mol. The lowest BCUT2D eigenvalue weighted by Crippen LogP contribution is -2.26. The first kappa shape index (κ1) is 22.2. The molecule has 186 valence electrons. The number of nitrogens with zero attached hydrogens (tertiary/aromatic N) is 2. The summed E-state index contributed by atoms with van der Waals surface area (Å²) in [5.41, 5.74) is 8.53. The molecule has 2 fully saturated rings. The Hall–Kier alpha value is -3.05. The number of hydrogen-bond acceptors (Lipinski definition) is 2. The Morgan fingerprint density at radius 3 is 2.53 bits per heavy atom. The van der Waals surface area contributed by atoms with Gasteiger partial charge >= 0.3 is 5.97 Å². The number of hydrogen-bond donors (Lipinski definition) is 2. The number of para-hydroxylation sites is 1. The van der Waals surface area contributed by atoms with Gasteiger partial charge in [0.2, 0.25) is 0 Å². The fourth-order valence-electron chi connectivity index (χ4n) is 7.45. The molecular formula is C31H35N3O2. The molecule has 7 rings (SSSR count). The second-order valence-electron chi connectivity index (χ2n) is 11.1. The topological polar surface area (TPSA) is 59.2 Å². The smallest absolute Gasteiger partial charge is 0.335 e. The van der Waals surface area contributed by atoms with Gasteiger partial charge < -0.3 is 19.6 Å². The lowest BCUT2D eigenvalue weighted by atomic mass is 9.81. The second kappa shape index (κ2) is 8.81. The van der Waals surface area contributed by atoms with E-state index in [0.29, 0.717) is 17.4 Å². The molecule has 4 heterocycles. The zero-order chi connectivity index (χ0) is 24.2. The molecule has 1 saturated heterocycles. The molecule has 0 unspecified atom stereocenters. The molecular weight excluding hydrogens is 446 g/mol. The number of carboxylic acids is 1. The quantitative estimate of drug-likeness (QED) is 0.335. The van der Waals surface area contributed by atoms with Crippen LogP contribution in [-0.2, 0) is 13.1 Å². The van der Waals surface area contributed by atoms with Crippen LogP contribution in [0.5, 0.6) is 0 Å². The molecule has 0 amide bonds. The Morgan fingerprint density at radius 2 is 1.72 bits per heavy atom. The Kier molecular flexibility index (Phi) is 5.42. The van der Waals surface area contributed by atoms with Crippen molar-refractivity contribution in [3.05, 3.63) is 59.3 Å². The van der Waals surface area contributed by atoms with Crippen molar-refractivity contribution in [3.8, 4) is 11.3 Å². The second-order valence-corrected chi connectivity index (χ2v) is 11.1. The number of aromatic carboxylic acids is 1. The standard InChI is InChI=1S/C31H35N3O2/c35-31(36)22-10-11-24-27(18-22)34-17-5-16-33-19-26(20-12-14-32-15-13-20)23-8-4-9-25(29(23)33)30(34)28(24)21-6-2-1-3-7-21/h4,8-11,18-21,32H,1-3,5-7,12-17H2,(H,35,36). The first-order chi connectivity index (χ1) is 17.7. The van der Waals surface area contributed by atoms with Gasteiger partial charge in [-0.1, -0.05) is 43.5 Å². The molecule has 0 radical (unpaired) electrons. The van der Waals surface area contributed by atoms with E-state index in [1.165, 1.54) is 83.6 Å². The number of carbonyl (C=O) groups is 1. The van der Waals surface area contributed by atoms with E-state index in [1.54, 1.807) is 0 Å². The van der Waals surface area contributed by atoms with Crippen LogP contribution in [0, 0.1) is 0 Å². The molecule has 36 heavy (non-hydrogen) atoms. The third-order valence-electron chi connectivity index (χ3n) is 9.11. The third kappa shape index (κ3) is 3.43. The van der Waals surface area contributed by atoms with Crippen molar-refractivity contribution >= 4 is 27.8 Å². The molecule has 2 aromatic heterocycles. The van der Waals surface area contributed by atoms with Gasteiger partial charge in [0.1, 0.15) is 0 Å². The zero-order valence-electron chi connectivity index (χ0n) is 20.9. The maximum Gasteiger partial charge on any atom is 0.335 e. The van der Waals surface area contributed by atoms with Gasteiger partial charge in [-0.25, -0.2) is 4.79 Å². The lowest BCUT2D eigenvalue weighted by Gasteiger charge is -2.25. The fraction of sp³-hybridized carbons (Fsp3) is 0.452. The van der Waals surface area contributed by atoms with Crippen LogP contribution in [0.1, 0.15) is 84.7 Å². The van der Waals surface area contributed by atoms with Crippen LogP contribution in [0.2, 0.25) is 0 Å². The van der Waals surface area contributed by atoms with Crippen molar-refractivity contribution in [2.45, 2.75) is 76.3 Å². The first-order valence-electron chi connectivity index (χ1n) is 13.9. The van der Waals surface area contributed by atoms with Crippen molar-refractivity contribution in [2.24, 2.45) is 0 Å². The van der Waals surface area contributed by atoms with Crippen molar-refractivity contribution in [3.63, 3.8) is 0 Å². The molecule has 0 bridgehead atoms. The minimum absolute atomic E-state index is 0.384. The number of piperidine rings is 1. The van der Waals surface area contributed by atoms with Crippen molar-refractivity contribution in [2.75, 3.05) is 13.1 Å². The molecule has 1 aliphatic carbocycles. The average Bonchev–Trinajstić information content (AvgIpc) is 3.44. The molecule has 5 heteroatoms. The van der Waals surface area contributed by atoms with E-state index in [9.17, 15) is 9.90 Å². The Balaban J connectivity index is 1.52. The van der Waals surface area contributed by atoms with Crippen LogP contribution in [-0.4, -0.2) is 33.3 Å². The summed E-state index contributed by atoms with van der Waals surface area (Å²) in [5.74, 6) is 0.308. The number of benzene rings is 2. The molecule has 2 N–H and O–H groups in total. The van der Waals surface area contributed by atoms with E-state index in [0.717, 1.165) is 38.1 Å².